The van der Waals surface area contributed by atoms with Gasteiger partial charge in [0, 0.05) is 30.5 Å². The van der Waals surface area contributed by atoms with Crippen LogP contribution in [0, 0.1) is 11.3 Å². The number of fused-ring (bicyclic) bond motifs is 2. The molecule has 3 fully saturated rings. The molecule has 0 amide bonds. The maximum atomic E-state index is 9.83. The van der Waals surface area contributed by atoms with Crippen LogP contribution < -0.4 is 5.32 Å². The van der Waals surface area contributed by atoms with E-state index in [-0.39, 0.29) is 6.10 Å². The average Bonchev–Trinajstić information content (AvgIpc) is 2.62. The summed E-state index contributed by atoms with van der Waals surface area (Å²) >= 11 is 0. The first-order valence-corrected chi connectivity index (χ1v) is 7.31. The van der Waals surface area contributed by atoms with Crippen LogP contribution in [-0.2, 0) is 4.74 Å². The number of hydrogen-bond acceptors (Lipinski definition) is 3. The Kier molecular flexibility index (Phi) is 3.18. The number of hydrogen-bond donors (Lipinski definition) is 2. The zero-order valence-electron chi connectivity index (χ0n) is 10.8. The molecular weight excluding hydrogens is 214 g/mol. The maximum Gasteiger partial charge on any atom is 0.0690 e. The fourth-order valence-electron chi connectivity index (χ4n) is 4.26. The molecule has 3 rings (SSSR count). The summed E-state index contributed by atoms with van der Waals surface area (Å²) in [5.41, 5.74) is 0.451. The molecule has 3 aliphatic rings. The third-order valence-electron chi connectivity index (χ3n) is 5.23. The molecule has 1 saturated heterocycles. The zero-order valence-corrected chi connectivity index (χ0v) is 10.8. The molecule has 2 aliphatic carbocycles. The largest absolute Gasteiger partial charge is 0.392 e. The fraction of sp³-hybridized carbons (Fsp3) is 1.00. The Hall–Kier alpha value is -0.120. The van der Waals surface area contributed by atoms with Gasteiger partial charge in [-0.2, -0.15) is 0 Å². The molecule has 2 saturated carbocycles. The molecular formula is C14H25NO2. The average molecular weight is 239 g/mol. The highest BCUT2D eigenvalue weighted by molar-refractivity contribution is 5.18. The van der Waals surface area contributed by atoms with E-state index in [4.69, 9.17) is 4.74 Å². The summed E-state index contributed by atoms with van der Waals surface area (Å²) in [6.45, 7) is 3.84. The third-order valence-corrected chi connectivity index (χ3v) is 5.23. The van der Waals surface area contributed by atoms with Crippen LogP contribution in [0.5, 0.6) is 0 Å². The summed E-state index contributed by atoms with van der Waals surface area (Å²) in [5.74, 6) is 0.726. The van der Waals surface area contributed by atoms with Crippen molar-refractivity contribution < 1.29 is 9.84 Å². The highest BCUT2D eigenvalue weighted by atomic mass is 16.5. The molecule has 17 heavy (non-hydrogen) atoms. The highest BCUT2D eigenvalue weighted by Crippen LogP contribution is 2.62. The summed E-state index contributed by atoms with van der Waals surface area (Å²) in [7, 11) is 0. The topological polar surface area (TPSA) is 41.5 Å². The summed E-state index contributed by atoms with van der Waals surface area (Å²) in [6.07, 6.45) is 7.59. The van der Waals surface area contributed by atoms with Crippen LogP contribution in [0.1, 0.15) is 45.4 Å². The first kappa shape index (κ1) is 11.9. The predicted octanol–water partition coefficient (Wildman–Crippen LogP) is 1.69. The van der Waals surface area contributed by atoms with Gasteiger partial charge in [0.15, 0.2) is 0 Å². The minimum Gasteiger partial charge on any atom is -0.392 e. The lowest BCUT2D eigenvalue weighted by Crippen LogP contribution is -2.71. The molecule has 3 nitrogen and oxygen atoms in total. The Morgan fingerprint density at radius 3 is 2.94 bits per heavy atom. The lowest BCUT2D eigenvalue weighted by molar-refractivity contribution is -0.177. The van der Waals surface area contributed by atoms with Crippen molar-refractivity contribution >= 4 is 0 Å². The van der Waals surface area contributed by atoms with Crippen molar-refractivity contribution in [1.29, 1.82) is 0 Å². The molecule has 4 unspecified atom stereocenters. The quantitative estimate of drug-likeness (QED) is 0.767. The van der Waals surface area contributed by atoms with E-state index in [1.807, 2.05) is 0 Å². The van der Waals surface area contributed by atoms with E-state index >= 15 is 0 Å². The van der Waals surface area contributed by atoms with E-state index < -0.39 is 0 Å². The molecule has 98 valence electrons. The van der Waals surface area contributed by atoms with Gasteiger partial charge in [-0.3, -0.25) is 0 Å². The second-order valence-electron chi connectivity index (χ2n) is 6.16. The summed E-state index contributed by atoms with van der Waals surface area (Å²) in [6, 6.07) is 0.621. The summed E-state index contributed by atoms with van der Waals surface area (Å²) in [4.78, 5) is 0. The van der Waals surface area contributed by atoms with Crippen LogP contribution in [0.4, 0.5) is 0 Å². The molecule has 0 bridgehead atoms. The summed E-state index contributed by atoms with van der Waals surface area (Å²) in [5, 5.41) is 13.5. The van der Waals surface area contributed by atoms with Gasteiger partial charge in [0.1, 0.15) is 0 Å². The van der Waals surface area contributed by atoms with Gasteiger partial charge < -0.3 is 15.2 Å². The van der Waals surface area contributed by atoms with E-state index in [2.05, 4.69) is 12.2 Å². The zero-order chi connectivity index (χ0) is 11.9. The van der Waals surface area contributed by atoms with Crippen LogP contribution in [0.25, 0.3) is 0 Å². The van der Waals surface area contributed by atoms with Gasteiger partial charge in [-0.05, 0) is 25.7 Å². The molecule has 1 aliphatic heterocycles. The molecule has 0 aromatic carbocycles. The van der Waals surface area contributed by atoms with Gasteiger partial charge in [0.2, 0.25) is 0 Å². The van der Waals surface area contributed by atoms with E-state index in [0.29, 0.717) is 17.6 Å². The Morgan fingerprint density at radius 2 is 2.29 bits per heavy atom. The van der Waals surface area contributed by atoms with Crippen molar-refractivity contribution in [2.75, 3.05) is 13.2 Å². The van der Waals surface area contributed by atoms with Gasteiger partial charge in [0.25, 0.3) is 0 Å². The highest BCUT2D eigenvalue weighted by Gasteiger charge is 2.66. The van der Waals surface area contributed by atoms with E-state index in [1.165, 1.54) is 25.7 Å². The normalized spacial score (nSPS) is 39.5. The fourth-order valence-corrected chi connectivity index (χ4v) is 4.26. The Bertz CT molecular complexity index is 277. The lowest BCUT2D eigenvalue weighted by Gasteiger charge is -2.63. The Balaban J connectivity index is 1.55. The van der Waals surface area contributed by atoms with Crippen molar-refractivity contribution in [3.8, 4) is 0 Å². The summed E-state index contributed by atoms with van der Waals surface area (Å²) < 4.78 is 5.89. The Morgan fingerprint density at radius 1 is 1.47 bits per heavy atom. The monoisotopic (exact) mass is 239 g/mol. The molecule has 2 N–H and O–H groups in total. The second kappa shape index (κ2) is 4.52. The van der Waals surface area contributed by atoms with E-state index in [9.17, 15) is 5.11 Å². The van der Waals surface area contributed by atoms with Crippen molar-refractivity contribution in [3.63, 3.8) is 0 Å². The van der Waals surface area contributed by atoms with Crippen LogP contribution in [0.3, 0.4) is 0 Å². The van der Waals surface area contributed by atoms with E-state index in [0.717, 1.165) is 31.9 Å². The first-order chi connectivity index (χ1) is 8.28. The molecule has 1 spiro atoms. The predicted molar refractivity (Wildman–Crippen MR) is 66.8 cm³/mol. The lowest BCUT2D eigenvalue weighted by atomic mass is 9.46. The van der Waals surface area contributed by atoms with Gasteiger partial charge in [0.05, 0.1) is 12.2 Å². The van der Waals surface area contributed by atoms with Crippen LogP contribution in [0.2, 0.25) is 0 Å². The van der Waals surface area contributed by atoms with Crippen LogP contribution in [0.15, 0.2) is 0 Å². The SMILES string of the molecule is CCCC(O)CNC1C2CCOC2C12CCC2. The van der Waals surface area contributed by atoms with E-state index in [1.54, 1.807) is 0 Å². The van der Waals surface area contributed by atoms with Crippen molar-refractivity contribution in [2.45, 2.75) is 63.7 Å². The first-order valence-electron chi connectivity index (χ1n) is 7.31. The maximum absolute atomic E-state index is 9.83. The van der Waals surface area contributed by atoms with Crippen molar-refractivity contribution in [2.24, 2.45) is 11.3 Å². The molecule has 0 aromatic heterocycles. The number of aliphatic hydroxyl groups is 1. The molecule has 4 atom stereocenters. The number of aliphatic hydroxyl groups excluding tert-OH is 1. The van der Waals surface area contributed by atoms with Crippen molar-refractivity contribution in [3.05, 3.63) is 0 Å². The third kappa shape index (κ3) is 1.74. The van der Waals surface area contributed by atoms with Gasteiger partial charge >= 0.3 is 0 Å². The smallest absolute Gasteiger partial charge is 0.0690 e. The second-order valence-corrected chi connectivity index (χ2v) is 6.16. The van der Waals surface area contributed by atoms with Crippen LogP contribution >= 0.6 is 0 Å². The van der Waals surface area contributed by atoms with Gasteiger partial charge in [-0.1, -0.05) is 19.8 Å². The van der Waals surface area contributed by atoms with Gasteiger partial charge in [-0.15, -0.1) is 0 Å². The standard InChI is InChI=1S/C14H25NO2/c1-2-4-10(16)9-15-12-11-5-8-17-13(11)14(12)6-3-7-14/h10-13,15-16H,2-9H2,1H3. The number of ether oxygens (including phenoxy) is 1. The molecule has 0 radical (unpaired) electrons. The van der Waals surface area contributed by atoms with Gasteiger partial charge in [-0.25, -0.2) is 0 Å². The number of nitrogens with one attached hydrogen (secondary N) is 1. The van der Waals surface area contributed by atoms with Crippen molar-refractivity contribution in [1.82, 2.24) is 5.32 Å². The molecule has 3 heteroatoms. The Labute approximate surface area is 104 Å². The number of rotatable bonds is 5. The molecule has 0 aromatic rings. The minimum atomic E-state index is -0.168. The minimum absolute atomic E-state index is 0.168. The molecule has 1 heterocycles. The van der Waals surface area contributed by atoms with Crippen LogP contribution in [-0.4, -0.2) is 36.5 Å².